The molecule has 0 aliphatic carbocycles. The van der Waals surface area contributed by atoms with Crippen LogP contribution in [0.4, 0.5) is 11.4 Å². The van der Waals surface area contributed by atoms with Gasteiger partial charge >= 0.3 is 0 Å². The molecule has 8 heteroatoms. The largest absolute Gasteiger partial charge is 0.497 e. The van der Waals surface area contributed by atoms with E-state index in [2.05, 4.69) is 20.5 Å². The second-order valence-electron chi connectivity index (χ2n) is 8.01. The highest BCUT2D eigenvalue weighted by Gasteiger charge is 2.35. The molecule has 1 unspecified atom stereocenters. The van der Waals surface area contributed by atoms with Crippen LogP contribution in [0.1, 0.15) is 6.42 Å². The number of aromatic nitrogens is 3. The fraction of sp³-hybridized carbons (Fsp3) is 0.154. The summed E-state index contributed by atoms with van der Waals surface area (Å²) < 4.78 is 5.18. The maximum absolute atomic E-state index is 13.1. The van der Waals surface area contributed by atoms with Crippen molar-refractivity contribution in [1.82, 2.24) is 15.2 Å². The molecule has 1 fully saturated rings. The number of carbonyl (C=O) groups excluding carboxylic acids is 2. The Balaban J connectivity index is 1.32. The first-order valence-corrected chi connectivity index (χ1v) is 10.9. The van der Waals surface area contributed by atoms with E-state index < -0.39 is 5.92 Å². The molecular formula is C26H23N5O3. The molecule has 4 aromatic rings. The number of amides is 2. The number of para-hydroxylation sites is 1. The molecule has 1 aliphatic rings. The van der Waals surface area contributed by atoms with E-state index in [9.17, 15) is 9.59 Å². The first-order valence-electron chi connectivity index (χ1n) is 10.9. The van der Waals surface area contributed by atoms with Crippen molar-refractivity contribution >= 4 is 23.2 Å². The molecule has 2 N–H and O–H groups in total. The molecule has 8 nitrogen and oxygen atoms in total. The monoisotopic (exact) mass is 453 g/mol. The molecule has 2 heterocycles. The van der Waals surface area contributed by atoms with E-state index in [4.69, 9.17) is 4.74 Å². The SMILES string of the molecule is COc1ccc(N2CC(C(=O)Nc3ccccc3-c3nc(-c4ccccc4)n[nH]3)CC2=O)cc1. The van der Waals surface area contributed by atoms with Gasteiger partial charge in [0.25, 0.3) is 0 Å². The van der Waals surface area contributed by atoms with E-state index in [1.165, 1.54) is 0 Å². The van der Waals surface area contributed by atoms with E-state index >= 15 is 0 Å². The zero-order valence-corrected chi connectivity index (χ0v) is 18.6. The van der Waals surface area contributed by atoms with Gasteiger partial charge in [0.2, 0.25) is 11.8 Å². The van der Waals surface area contributed by atoms with Crippen LogP contribution in [-0.2, 0) is 9.59 Å². The summed E-state index contributed by atoms with van der Waals surface area (Å²) in [6, 6.07) is 24.3. The van der Waals surface area contributed by atoms with E-state index in [0.29, 0.717) is 29.6 Å². The Morgan fingerprint density at radius 1 is 1.03 bits per heavy atom. The van der Waals surface area contributed by atoms with Crippen LogP contribution >= 0.6 is 0 Å². The van der Waals surface area contributed by atoms with Gasteiger partial charge in [-0.25, -0.2) is 4.98 Å². The van der Waals surface area contributed by atoms with Crippen molar-refractivity contribution in [2.45, 2.75) is 6.42 Å². The molecule has 0 saturated carbocycles. The Morgan fingerprint density at radius 3 is 2.53 bits per heavy atom. The van der Waals surface area contributed by atoms with Gasteiger partial charge in [0.1, 0.15) is 5.75 Å². The number of anilines is 2. The summed E-state index contributed by atoms with van der Waals surface area (Å²) in [5.41, 5.74) is 2.98. The van der Waals surface area contributed by atoms with Crippen LogP contribution in [0.25, 0.3) is 22.8 Å². The minimum absolute atomic E-state index is 0.0821. The molecule has 1 aliphatic heterocycles. The third kappa shape index (κ3) is 4.25. The summed E-state index contributed by atoms with van der Waals surface area (Å²) >= 11 is 0. The molecule has 1 saturated heterocycles. The first kappa shape index (κ1) is 21.4. The molecule has 1 aromatic heterocycles. The van der Waals surface area contributed by atoms with Gasteiger partial charge in [0, 0.05) is 29.8 Å². The van der Waals surface area contributed by atoms with Gasteiger partial charge in [-0.3, -0.25) is 14.7 Å². The predicted molar refractivity (Wildman–Crippen MR) is 129 cm³/mol. The summed E-state index contributed by atoms with van der Waals surface area (Å²) in [5, 5.41) is 10.3. The van der Waals surface area contributed by atoms with Crippen LogP contribution in [0.15, 0.2) is 78.9 Å². The fourth-order valence-electron chi connectivity index (χ4n) is 4.03. The lowest BCUT2D eigenvalue weighted by Crippen LogP contribution is -2.28. The molecule has 0 bridgehead atoms. The highest BCUT2D eigenvalue weighted by Crippen LogP contribution is 2.30. The molecule has 1 atom stereocenters. The number of methoxy groups -OCH3 is 1. The summed E-state index contributed by atoms with van der Waals surface area (Å²) in [7, 11) is 1.59. The van der Waals surface area contributed by atoms with Crippen LogP contribution in [0, 0.1) is 5.92 Å². The first-order chi connectivity index (χ1) is 16.6. The van der Waals surface area contributed by atoms with Crippen molar-refractivity contribution in [3.63, 3.8) is 0 Å². The normalized spacial score (nSPS) is 15.4. The van der Waals surface area contributed by atoms with Gasteiger partial charge < -0.3 is 15.0 Å². The minimum Gasteiger partial charge on any atom is -0.497 e. The highest BCUT2D eigenvalue weighted by atomic mass is 16.5. The number of hydrogen-bond donors (Lipinski definition) is 2. The molecule has 0 radical (unpaired) electrons. The Bertz CT molecular complexity index is 1320. The van der Waals surface area contributed by atoms with Crippen molar-refractivity contribution in [2.24, 2.45) is 5.92 Å². The van der Waals surface area contributed by atoms with E-state index in [-0.39, 0.29) is 18.2 Å². The van der Waals surface area contributed by atoms with Gasteiger partial charge in [-0.15, -0.1) is 0 Å². The average molecular weight is 454 g/mol. The second kappa shape index (κ2) is 9.19. The number of nitrogens with one attached hydrogen (secondary N) is 2. The Labute approximate surface area is 196 Å². The standard InChI is InChI=1S/C26H23N5O3/c1-34-20-13-11-19(12-14-20)31-16-18(15-23(31)32)26(33)27-22-10-6-5-9-21(22)25-28-24(29-30-25)17-7-3-2-4-8-17/h2-14,18H,15-16H2,1H3,(H,27,33)(H,28,29,30). The lowest BCUT2D eigenvalue weighted by atomic mass is 10.1. The Morgan fingerprint density at radius 2 is 1.76 bits per heavy atom. The summed E-state index contributed by atoms with van der Waals surface area (Å²) in [6.07, 6.45) is 0.153. The lowest BCUT2D eigenvalue weighted by Gasteiger charge is -2.17. The van der Waals surface area contributed by atoms with Gasteiger partial charge in [-0.05, 0) is 36.4 Å². The molecule has 5 rings (SSSR count). The van der Waals surface area contributed by atoms with Crippen molar-refractivity contribution in [1.29, 1.82) is 0 Å². The number of ether oxygens (including phenoxy) is 1. The van der Waals surface area contributed by atoms with Gasteiger partial charge in [-0.2, -0.15) is 5.10 Å². The molecule has 34 heavy (non-hydrogen) atoms. The molecule has 2 amide bonds. The molecule has 3 aromatic carbocycles. The third-order valence-corrected chi connectivity index (χ3v) is 5.84. The van der Waals surface area contributed by atoms with Gasteiger partial charge in [0.15, 0.2) is 11.6 Å². The molecular weight excluding hydrogens is 430 g/mol. The second-order valence-corrected chi connectivity index (χ2v) is 8.01. The van der Waals surface area contributed by atoms with Crippen molar-refractivity contribution in [3.05, 3.63) is 78.9 Å². The van der Waals surface area contributed by atoms with E-state index in [1.54, 1.807) is 24.1 Å². The average Bonchev–Trinajstić information content (AvgIpc) is 3.52. The van der Waals surface area contributed by atoms with E-state index in [1.807, 2.05) is 66.7 Å². The Hall–Kier alpha value is -4.46. The molecule has 170 valence electrons. The number of rotatable bonds is 6. The number of carbonyl (C=O) groups is 2. The number of hydrogen-bond acceptors (Lipinski definition) is 5. The van der Waals surface area contributed by atoms with Crippen LogP contribution in [0.3, 0.4) is 0 Å². The van der Waals surface area contributed by atoms with E-state index in [0.717, 1.165) is 16.8 Å². The maximum atomic E-state index is 13.1. The van der Waals surface area contributed by atoms with Crippen molar-refractivity contribution in [2.75, 3.05) is 23.9 Å². The quantitative estimate of drug-likeness (QED) is 0.457. The number of benzene rings is 3. The van der Waals surface area contributed by atoms with Crippen molar-refractivity contribution in [3.8, 4) is 28.5 Å². The Kier molecular flexibility index (Phi) is 5.78. The lowest BCUT2D eigenvalue weighted by molar-refractivity contribution is -0.122. The smallest absolute Gasteiger partial charge is 0.229 e. The van der Waals surface area contributed by atoms with Crippen LogP contribution in [-0.4, -0.2) is 40.7 Å². The molecule has 0 spiro atoms. The van der Waals surface area contributed by atoms with Crippen LogP contribution in [0.5, 0.6) is 5.75 Å². The van der Waals surface area contributed by atoms with Crippen molar-refractivity contribution < 1.29 is 14.3 Å². The predicted octanol–water partition coefficient (Wildman–Crippen LogP) is 4.14. The highest BCUT2D eigenvalue weighted by molar-refractivity contribution is 6.04. The van der Waals surface area contributed by atoms with Gasteiger partial charge in [-0.1, -0.05) is 42.5 Å². The number of aromatic amines is 1. The fourth-order valence-corrected chi connectivity index (χ4v) is 4.03. The third-order valence-electron chi connectivity index (χ3n) is 5.84. The zero-order chi connectivity index (χ0) is 23.5. The topological polar surface area (TPSA) is 100 Å². The maximum Gasteiger partial charge on any atom is 0.229 e. The number of nitrogens with zero attached hydrogens (tertiary/aromatic N) is 3. The summed E-state index contributed by atoms with van der Waals surface area (Å²) in [6.45, 7) is 0.319. The summed E-state index contributed by atoms with van der Waals surface area (Å²) in [5.74, 6) is 1.09. The number of H-pyrrole nitrogens is 1. The van der Waals surface area contributed by atoms with Gasteiger partial charge in [0.05, 0.1) is 18.7 Å². The zero-order valence-electron chi connectivity index (χ0n) is 18.6. The summed E-state index contributed by atoms with van der Waals surface area (Å²) in [4.78, 5) is 31.9. The minimum atomic E-state index is -0.461. The van der Waals surface area contributed by atoms with Crippen LogP contribution in [0.2, 0.25) is 0 Å². The van der Waals surface area contributed by atoms with Crippen LogP contribution < -0.4 is 15.0 Å².